The van der Waals surface area contributed by atoms with Crippen molar-refractivity contribution in [3.05, 3.63) is 46.8 Å². The Morgan fingerprint density at radius 3 is 2.67 bits per heavy atom. The summed E-state index contributed by atoms with van der Waals surface area (Å²) in [4.78, 5) is 0. The highest BCUT2D eigenvalue weighted by molar-refractivity contribution is 5.41. The van der Waals surface area contributed by atoms with Crippen LogP contribution in [0.1, 0.15) is 41.8 Å². The molecule has 0 spiro atoms. The van der Waals surface area contributed by atoms with Gasteiger partial charge in [0.25, 0.3) is 0 Å². The maximum Gasteiger partial charge on any atom is 0.161 e. The van der Waals surface area contributed by atoms with Gasteiger partial charge in [-0.05, 0) is 38.4 Å². The Morgan fingerprint density at radius 2 is 2.10 bits per heavy atom. The summed E-state index contributed by atoms with van der Waals surface area (Å²) < 4.78 is 7.56. The molecule has 1 aromatic carbocycles. The summed E-state index contributed by atoms with van der Waals surface area (Å²) in [7, 11) is 3.68. The number of aromatic nitrogens is 2. The first-order chi connectivity index (χ1) is 10.1. The minimum Gasteiger partial charge on any atom is -0.493 e. The zero-order valence-corrected chi connectivity index (χ0v) is 13.6. The van der Waals surface area contributed by atoms with Gasteiger partial charge in [0, 0.05) is 6.54 Å². The zero-order chi connectivity index (χ0) is 15.4. The predicted molar refractivity (Wildman–Crippen MR) is 85.9 cm³/mol. The zero-order valence-electron chi connectivity index (χ0n) is 13.6. The SMILES string of the molecule is CCCn1ncc(OC)c1C(NC)c1ccc(C)cc1C. The van der Waals surface area contributed by atoms with E-state index in [-0.39, 0.29) is 6.04 Å². The van der Waals surface area contributed by atoms with Gasteiger partial charge in [-0.1, -0.05) is 30.7 Å². The molecule has 0 fully saturated rings. The number of nitrogens with one attached hydrogen (secondary N) is 1. The third-order valence-corrected chi connectivity index (χ3v) is 3.80. The number of rotatable bonds is 6. The summed E-state index contributed by atoms with van der Waals surface area (Å²) in [5.74, 6) is 0.836. The number of ether oxygens (including phenoxy) is 1. The molecule has 21 heavy (non-hydrogen) atoms. The van der Waals surface area contributed by atoms with Gasteiger partial charge in [0.15, 0.2) is 5.75 Å². The summed E-state index contributed by atoms with van der Waals surface area (Å²) in [5.41, 5.74) is 4.91. The van der Waals surface area contributed by atoms with Crippen molar-refractivity contribution in [3.63, 3.8) is 0 Å². The number of nitrogens with zero attached hydrogens (tertiary/aromatic N) is 2. The average Bonchev–Trinajstić information content (AvgIpc) is 2.85. The van der Waals surface area contributed by atoms with Gasteiger partial charge in [-0.2, -0.15) is 5.10 Å². The first-order valence-electron chi connectivity index (χ1n) is 7.46. The Hall–Kier alpha value is -1.81. The quantitative estimate of drug-likeness (QED) is 0.886. The third-order valence-electron chi connectivity index (χ3n) is 3.80. The lowest BCUT2D eigenvalue weighted by atomic mass is 9.96. The highest BCUT2D eigenvalue weighted by Crippen LogP contribution is 2.31. The van der Waals surface area contributed by atoms with Crippen molar-refractivity contribution in [2.75, 3.05) is 14.2 Å². The fourth-order valence-corrected chi connectivity index (χ4v) is 2.81. The Kier molecular flexibility index (Phi) is 5.02. The smallest absolute Gasteiger partial charge is 0.161 e. The topological polar surface area (TPSA) is 39.1 Å². The number of aryl methyl sites for hydroxylation is 3. The minimum atomic E-state index is 0.0783. The van der Waals surface area contributed by atoms with Crippen LogP contribution < -0.4 is 10.1 Å². The van der Waals surface area contributed by atoms with Crippen LogP contribution in [0.3, 0.4) is 0 Å². The summed E-state index contributed by atoms with van der Waals surface area (Å²) in [6, 6.07) is 6.63. The molecule has 4 nitrogen and oxygen atoms in total. The largest absolute Gasteiger partial charge is 0.493 e. The van der Waals surface area contributed by atoms with Gasteiger partial charge in [0.2, 0.25) is 0 Å². The second kappa shape index (κ2) is 6.76. The molecule has 2 rings (SSSR count). The minimum absolute atomic E-state index is 0.0783. The summed E-state index contributed by atoms with van der Waals surface area (Å²) in [6.45, 7) is 7.32. The molecule has 0 bridgehead atoms. The molecule has 0 aliphatic carbocycles. The van der Waals surface area contributed by atoms with Gasteiger partial charge < -0.3 is 10.1 Å². The number of hydrogen-bond donors (Lipinski definition) is 1. The van der Waals surface area contributed by atoms with Crippen LogP contribution >= 0.6 is 0 Å². The first kappa shape index (κ1) is 15.6. The molecule has 2 aromatic rings. The number of benzene rings is 1. The van der Waals surface area contributed by atoms with Crippen molar-refractivity contribution < 1.29 is 4.74 Å². The summed E-state index contributed by atoms with van der Waals surface area (Å²) in [5, 5.41) is 7.88. The summed E-state index contributed by atoms with van der Waals surface area (Å²) in [6.07, 6.45) is 2.85. The van der Waals surface area contributed by atoms with Gasteiger partial charge in [-0.15, -0.1) is 0 Å². The fourth-order valence-electron chi connectivity index (χ4n) is 2.81. The van der Waals surface area contributed by atoms with Crippen LogP contribution in [0, 0.1) is 13.8 Å². The molecular weight excluding hydrogens is 262 g/mol. The monoisotopic (exact) mass is 287 g/mol. The average molecular weight is 287 g/mol. The third kappa shape index (κ3) is 3.10. The van der Waals surface area contributed by atoms with Crippen molar-refractivity contribution in [2.24, 2.45) is 0 Å². The van der Waals surface area contributed by atoms with Crippen LogP contribution in [0.2, 0.25) is 0 Å². The van der Waals surface area contributed by atoms with Crippen LogP contribution in [-0.2, 0) is 6.54 Å². The maximum atomic E-state index is 5.52. The molecule has 1 N–H and O–H groups in total. The number of hydrogen-bond acceptors (Lipinski definition) is 3. The molecule has 4 heteroatoms. The van der Waals surface area contributed by atoms with E-state index in [1.54, 1.807) is 13.3 Å². The Labute approximate surface area is 127 Å². The van der Waals surface area contributed by atoms with Crippen molar-refractivity contribution in [3.8, 4) is 5.75 Å². The van der Waals surface area contributed by atoms with E-state index in [2.05, 4.69) is 49.4 Å². The van der Waals surface area contributed by atoms with Crippen LogP contribution in [0.4, 0.5) is 0 Å². The molecule has 114 valence electrons. The predicted octanol–water partition coefficient (Wildman–Crippen LogP) is 3.23. The van der Waals surface area contributed by atoms with Gasteiger partial charge in [-0.25, -0.2) is 0 Å². The lowest BCUT2D eigenvalue weighted by molar-refractivity contribution is 0.400. The maximum absolute atomic E-state index is 5.52. The molecule has 0 aliphatic heterocycles. The van der Waals surface area contributed by atoms with Gasteiger partial charge >= 0.3 is 0 Å². The lowest BCUT2D eigenvalue weighted by Crippen LogP contribution is -2.23. The molecule has 1 unspecified atom stereocenters. The van der Waals surface area contributed by atoms with Gasteiger partial charge in [-0.3, -0.25) is 4.68 Å². The highest BCUT2D eigenvalue weighted by Gasteiger charge is 2.23. The van der Waals surface area contributed by atoms with Crippen molar-refractivity contribution in [1.29, 1.82) is 0 Å². The van der Waals surface area contributed by atoms with Crippen LogP contribution in [0.5, 0.6) is 5.75 Å². The molecule has 0 saturated carbocycles. The molecule has 0 saturated heterocycles. The molecule has 0 aliphatic rings. The van der Waals surface area contributed by atoms with Gasteiger partial charge in [0.1, 0.15) is 5.69 Å². The molecule has 1 atom stereocenters. The van der Waals surface area contributed by atoms with E-state index >= 15 is 0 Å². The number of methoxy groups -OCH3 is 1. The first-order valence-corrected chi connectivity index (χ1v) is 7.46. The van der Waals surface area contributed by atoms with E-state index in [0.717, 1.165) is 24.4 Å². The van der Waals surface area contributed by atoms with Crippen LogP contribution in [0.25, 0.3) is 0 Å². The van der Waals surface area contributed by atoms with E-state index in [1.807, 2.05) is 11.7 Å². The fraction of sp³-hybridized carbons (Fsp3) is 0.471. The van der Waals surface area contributed by atoms with Crippen molar-refractivity contribution in [2.45, 2.75) is 39.8 Å². The standard InChI is InChI=1S/C17H25N3O/c1-6-9-20-17(15(21-5)11-19-20)16(18-4)14-8-7-12(2)10-13(14)3/h7-8,10-11,16,18H,6,9H2,1-5H3. The lowest BCUT2D eigenvalue weighted by Gasteiger charge is -2.21. The van der Waals surface area contributed by atoms with E-state index < -0.39 is 0 Å². The normalized spacial score (nSPS) is 12.4. The molecular formula is C17H25N3O. The summed E-state index contributed by atoms with van der Waals surface area (Å²) >= 11 is 0. The van der Waals surface area contributed by atoms with Crippen LogP contribution in [-0.4, -0.2) is 23.9 Å². The van der Waals surface area contributed by atoms with E-state index in [1.165, 1.54) is 16.7 Å². The van der Waals surface area contributed by atoms with E-state index in [4.69, 9.17) is 4.74 Å². The second-order valence-electron chi connectivity index (χ2n) is 5.40. The van der Waals surface area contributed by atoms with Crippen LogP contribution in [0.15, 0.2) is 24.4 Å². The molecule has 1 aromatic heterocycles. The highest BCUT2D eigenvalue weighted by atomic mass is 16.5. The molecule has 0 radical (unpaired) electrons. The Bertz CT molecular complexity index is 604. The molecule has 0 amide bonds. The van der Waals surface area contributed by atoms with Gasteiger partial charge in [0.05, 0.1) is 19.3 Å². The van der Waals surface area contributed by atoms with E-state index in [0.29, 0.717) is 0 Å². The van der Waals surface area contributed by atoms with E-state index in [9.17, 15) is 0 Å². The Morgan fingerprint density at radius 1 is 1.33 bits per heavy atom. The second-order valence-corrected chi connectivity index (χ2v) is 5.40. The Balaban J connectivity index is 2.52. The van der Waals surface area contributed by atoms with Crippen molar-refractivity contribution >= 4 is 0 Å². The molecule has 1 heterocycles. The van der Waals surface area contributed by atoms with Crippen molar-refractivity contribution in [1.82, 2.24) is 15.1 Å².